The summed E-state index contributed by atoms with van der Waals surface area (Å²) >= 11 is 0. The smallest absolute Gasteiger partial charge is 0.225 e. The number of carbonyl (C=O) groups excluding carboxylic acids is 2. The van der Waals surface area contributed by atoms with Gasteiger partial charge in [0.05, 0.1) is 12.5 Å². The van der Waals surface area contributed by atoms with Gasteiger partial charge >= 0.3 is 0 Å². The van der Waals surface area contributed by atoms with Crippen LogP contribution in [0.1, 0.15) is 38.5 Å². The Balaban J connectivity index is 1.75. The topological polar surface area (TPSA) is 55.4 Å². The average molecular weight is 225 g/mol. The van der Waals surface area contributed by atoms with Crippen LogP contribution in [0.25, 0.3) is 0 Å². The Labute approximate surface area is 95.7 Å². The first kappa shape index (κ1) is 11.6. The van der Waals surface area contributed by atoms with Crippen LogP contribution in [-0.2, 0) is 14.3 Å². The minimum absolute atomic E-state index is 0.0198. The van der Waals surface area contributed by atoms with Crippen molar-refractivity contribution in [2.75, 3.05) is 13.2 Å². The Hall–Kier alpha value is -0.900. The monoisotopic (exact) mass is 225 g/mol. The maximum absolute atomic E-state index is 11.9. The normalized spacial score (nSPS) is 27.8. The summed E-state index contributed by atoms with van der Waals surface area (Å²) in [5.41, 5.74) is 0. The molecule has 1 unspecified atom stereocenters. The van der Waals surface area contributed by atoms with E-state index in [2.05, 4.69) is 5.32 Å². The van der Waals surface area contributed by atoms with E-state index in [1.54, 1.807) is 0 Å². The van der Waals surface area contributed by atoms with E-state index in [0.717, 1.165) is 32.3 Å². The summed E-state index contributed by atoms with van der Waals surface area (Å²) in [5.74, 6) is 0.455. The summed E-state index contributed by atoms with van der Waals surface area (Å²) in [6.45, 7) is 1.33. The van der Waals surface area contributed by atoms with Gasteiger partial charge in [-0.2, -0.15) is 0 Å². The zero-order valence-corrected chi connectivity index (χ0v) is 9.54. The number of carbonyl (C=O) groups is 2. The van der Waals surface area contributed by atoms with Gasteiger partial charge < -0.3 is 10.1 Å². The van der Waals surface area contributed by atoms with Crippen molar-refractivity contribution in [1.82, 2.24) is 5.32 Å². The maximum Gasteiger partial charge on any atom is 0.225 e. The molecule has 0 bridgehead atoms. The summed E-state index contributed by atoms with van der Waals surface area (Å²) in [7, 11) is 0. The van der Waals surface area contributed by atoms with Crippen molar-refractivity contribution >= 4 is 11.7 Å². The maximum atomic E-state index is 11.9. The van der Waals surface area contributed by atoms with E-state index in [9.17, 15) is 9.59 Å². The molecule has 16 heavy (non-hydrogen) atoms. The fraction of sp³-hybridized carbons (Fsp3) is 0.833. The Bertz CT molecular complexity index is 261. The fourth-order valence-corrected chi connectivity index (χ4v) is 2.35. The van der Waals surface area contributed by atoms with Gasteiger partial charge in [-0.05, 0) is 25.7 Å². The molecule has 4 nitrogen and oxygen atoms in total. The molecule has 1 atom stereocenters. The largest absolute Gasteiger partial charge is 0.381 e. The first-order valence-corrected chi connectivity index (χ1v) is 6.15. The highest BCUT2D eigenvalue weighted by atomic mass is 16.5. The van der Waals surface area contributed by atoms with E-state index in [1.807, 2.05) is 0 Å². The third kappa shape index (κ3) is 3.04. The van der Waals surface area contributed by atoms with E-state index in [0.29, 0.717) is 25.2 Å². The van der Waals surface area contributed by atoms with E-state index in [-0.39, 0.29) is 17.9 Å². The molecule has 90 valence electrons. The van der Waals surface area contributed by atoms with Gasteiger partial charge in [0.2, 0.25) is 5.91 Å². The molecule has 1 N–H and O–H groups in total. The Morgan fingerprint density at radius 3 is 2.62 bits per heavy atom. The Morgan fingerprint density at radius 2 is 2.00 bits per heavy atom. The SMILES string of the molecule is O=C1CCC(NC(=O)C2CCCOC2)CC1. The number of nitrogens with one attached hydrogen (secondary N) is 1. The molecule has 2 rings (SSSR count). The summed E-state index contributed by atoms with van der Waals surface area (Å²) in [6, 6.07) is 0.201. The van der Waals surface area contributed by atoms with Crippen molar-refractivity contribution in [3.8, 4) is 0 Å². The molecule has 1 amide bonds. The third-order valence-electron chi connectivity index (χ3n) is 3.42. The molecule has 1 saturated carbocycles. The number of ether oxygens (including phenoxy) is 1. The van der Waals surface area contributed by atoms with E-state index < -0.39 is 0 Å². The van der Waals surface area contributed by atoms with Crippen LogP contribution in [0.5, 0.6) is 0 Å². The van der Waals surface area contributed by atoms with Crippen LogP contribution >= 0.6 is 0 Å². The van der Waals surface area contributed by atoms with Crippen molar-refractivity contribution in [3.05, 3.63) is 0 Å². The predicted octanol–water partition coefficient (Wildman–Crippen LogP) is 1.04. The average Bonchev–Trinajstić information content (AvgIpc) is 2.33. The minimum Gasteiger partial charge on any atom is -0.381 e. The van der Waals surface area contributed by atoms with Gasteiger partial charge in [-0.15, -0.1) is 0 Å². The molecular formula is C12H19NO3. The number of amides is 1. The number of Topliss-reactive ketones (excluding diaryl/α,β-unsaturated/α-hetero) is 1. The van der Waals surface area contributed by atoms with Gasteiger partial charge in [0.15, 0.2) is 0 Å². The van der Waals surface area contributed by atoms with Gasteiger partial charge in [-0.25, -0.2) is 0 Å². The first-order chi connectivity index (χ1) is 7.75. The molecule has 0 aromatic heterocycles. The zero-order chi connectivity index (χ0) is 11.4. The molecule has 1 aliphatic heterocycles. The lowest BCUT2D eigenvalue weighted by molar-refractivity contribution is -0.131. The van der Waals surface area contributed by atoms with Crippen molar-refractivity contribution < 1.29 is 14.3 Å². The van der Waals surface area contributed by atoms with Gasteiger partial charge in [0.1, 0.15) is 5.78 Å². The Kier molecular flexibility index (Phi) is 3.93. The number of ketones is 1. The lowest BCUT2D eigenvalue weighted by Crippen LogP contribution is -2.43. The van der Waals surface area contributed by atoms with Crippen LogP contribution in [0.2, 0.25) is 0 Å². The lowest BCUT2D eigenvalue weighted by Gasteiger charge is -2.26. The van der Waals surface area contributed by atoms with Crippen LogP contribution in [0.15, 0.2) is 0 Å². The second-order valence-electron chi connectivity index (χ2n) is 4.74. The lowest BCUT2D eigenvalue weighted by atomic mass is 9.93. The van der Waals surface area contributed by atoms with Crippen molar-refractivity contribution in [2.24, 2.45) is 5.92 Å². The zero-order valence-electron chi connectivity index (χ0n) is 9.54. The molecular weight excluding hydrogens is 206 g/mol. The second-order valence-corrected chi connectivity index (χ2v) is 4.74. The van der Waals surface area contributed by atoms with E-state index in [1.165, 1.54) is 0 Å². The van der Waals surface area contributed by atoms with Crippen LogP contribution < -0.4 is 5.32 Å². The van der Waals surface area contributed by atoms with Crippen LogP contribution in [0.4, 0.5) is 0 Å². The number of hydrogen-bond acceptors (Lipinski definition) is 3. The quantitative estimate of drug-likeness (QED) is 0.764. The molecule has 2 fully saturated rings. The van der Waals surface area contributed by atoms with Gasteiger partial charge in [0, 0.05) is 25.5 Å². The van der Waals surface area contributed by atoms with Gasteiger partial charge in [-0.3, -0.25) is 9.59 Å². The molecule has 2 aliphatic rings. The van der Waals surface area contributed by atoms with E-state index in [4.69, 9.17) is 4.74 Å². The number of hydrogen-bond donors (Lipinski definition) is 1. The van der Waals surface area contributed by atoms with Crippen molar-refractivity contribution in [1.29, 1.82) is 0 Å². The van der Waals surface area contributed by atoms with Crippen molar-refractivity contribution in [3.63, 3.8) is 0 Å². The standard InChI is InChI=1S/C12H19NO3/c14-11-5-3-10(4-6-11)13-12(15)9-2-1-7-16-8-9/h9-10H,1-8H2,(H,13,15). The molecule has 1 heterocycles. The molecule has 4 heteroatoms. The molecule has 0 aromatic carbocycles. The summed E-state index contributed by atoms with van der Waals surface area (Å²) in [6.07, 6.45) is 4.74. The van der Waals surface area contributed by atoms with Gasteiger partial charge in [-0.1, -0.05) is 0 Å². The molecule has 0 radical (unpaired) electrons. The molecule has 0 aromatic rings. The summed E-state index contributed by atoms with van der Waals surface area (Å²) < 4.78 is 5.29. The Morgan fingerprint density at radius 1 is 1.25 bits per heavy atom. The first-order valence-electron chi connectivity index (χ1n) is 6.15. The molecule has 0 spiro atoms. The van der Waals surface area contributed by atoms with Crippen LogP contribution in [-0.4, -0.2) is 30.9 Å². The van der Waals surface area contributed by atoms with Crippen LogP contribution in [0, 0.1) is 5.92 Å². The third-order valence-corrected chi connectivity index (χ3v) is 3.42. The highest BCUT2D eigenvalue weighted by Gasteiger charge is 2.25. The van der Waals surface area contributed by atoms with Crippen LogP contribution in [0.3, 0.4) is 0 Å². The molecule has 1 saturated heterocycles. The summed E-state index contributed by atoms with van der Waals surface area (Å²) in [4.78, 5) is 22.9. The van der Waals surface area contributed by atoms with Crippen molar-refractivity contribution in [2.45, 2.75) is 44.6 Å². The van der Waals surface area contributed by atoms with E-state index >= 15 is 0 Å². The second kappa shape index (κ2) is 5.43. The highest BCUT2D eigenvalue weighted by Crippen LogP contribution is 2.18. The number of rotatable bonds is 2. The highest BCUT2D eigenvalue weighted by molar-refractivity contribution is 5.81. The van der Waals surface area contributed by atoms with Gasteiger partial charge in [0.25, 0.3) is 0 Å². The minimum atomic E-state index is 0.0198. The predicted molar refractivity (Wildman–Crippen MR) is 58.9 cm³/mol. The summed E-state index contributed by atoms with van der Waals surface area (Å²) in [5, 5.41) is 3.04. The molecule has 1 aliphatic carbocycles. The fourth-order valence-electron chi connectivity index (χ4n) is 2.35.